The third kappa shape index (κ3) is 6.23. The monoisotopic (exact) mass is 504 g/mol. The Balaban J connectivity index is 0.00000280. The van der Waals surface area contributed by atoms with Crippen LogP contribution in [0.25, 0.3) is 0 Å². The Hall–Kier alpha value is -0.530. The van der Waals surface area contributed by atoms with Crippen molar-refractivity contribution in [3.63, 3.8) is 0 Å². The molecule has 2 saturated carbocycles. The summed E-state index contributed by atoms with van der Waals surface area (Å²) in [6, 6.07) is 1.05. The molecule has 0 aromatic heterocycles. The largest absolute Gasteiger partial charge is 0.354 e. The number of aliphatic imine (C=N–C) groups is 1. The molecule has 0 aromatic carbocycles. The number of amides is 1. The van der Waals surface area contributed by atoms with Crippen LogP contribution in [0.15, 0.2) is 4.99 Å². The maximum atomic E-state index is 12.6. The van der Waals surface area contributed by atoms with Gasteiger partial charge in [-0.3, -0.25) is 9.79 Å². The van der Waals surface area contributed by atoms with Crippen molar-refractivity contribution in [3.05, 3.63) is 0 Å². The molecule has 0 spiro atoms. The summed E-state index contributed by atoms with van der Waals surface area (Å²) in [5, 5.41) is 7.28. The van der Waals surface area contributed by atoms with E-state index in [1.54, 1.807) is 0 Å². The number of guanidine groups is 1. The van der Waals surface area contributed by atoms with Gasteiger partial charge >= 0.3 is 0 Å². The van der Waals surface area contributed by atoms with Gasteiger partial charge in [0.15, 0.2) is 5.96 Å². The molecule has 1 heterocycles. The number of piperidine rings is 1. The Morgan fingerprint density at radius 1 is 1.04 bits per heavy atom. The molecule has 0 bridgehead atoms. The predicted octanol–water partition coefficient (Wildman–Crippen LogP) is 4.17. The number of rotatable bonds is 6. The number of carbonyl (C=O) groups is 1. The first-order valence-electron chi connectivity index (χ1n) is 11.4. The molecule has 5 nitrogen and oxygen atoms in total. The fourth-order valence-electron chi connectivity index (χ4n) is 5.14. The van der Waals surface area contributed by atoms with Crippen molar-refractivity contribution in [2.24, 2.45) is 22.7 Å². The Labute approximate surface area is 188 Å². The highest BCUT2D eigenvalue weighted by atomic mass is 127. The lowest BCUT2D eigenvalue weighted by Crippen LogP contribution is -2.51. The topological polar surface area (TPSA) is 56.7 Å². The van der Waals surface area contributed by atoms with Crippen molar-refractivity contribution in [2.75, 3.05) is 20.1 Å². The third-order valence-electron chi connectivity index (χ3n) is 7.12. The van der Waals surface area contributed by atoms with E-state index in [4.69, 9.17) is 0 Å². The second-order valence-electron chi connectivity index (χ2n) is 8.88. The Morgan fingerprint density at radius 3 is 2.25 bits per heavy atom. The SMILES string of the molecule is CCC(CC)C(=O)N1CCC(NC(=NC)NC2CC2C2CCCCC2)CC1.I. The van der Waals surface area contributed by atoms with Crippen LogP contribution < -0.4 is 10.6 Å². The molecule has 2 aliphatic carbocycles. The van der Waals surface area contributed by atoms with E-state index in [0.29, 0.717) is 18.0 Å². The molecule has 28 heavy (non-hydrogen) atoms. The molecule has 3 aliphatic rings. The third-order valence-corrected chi connectivity index (χ3v) is 7.12. The van der Waals surface area contributed by atoms with Gasteiger partial charge in [-0.1, -0.05) is 46.0 Å². The first-order chi connectivity index (χ1) is 13.2. The van der Waals surface area contributed by atoms with Gasteiger partial charge in [0.1, 0.15) is 0 Å². The van der Waals surface area contributed by atoms with E-state index in [1.165, 1.54) is 38.5 Å². The molecule has 2 N–H and O–H groups in total. The second kappa shape index (κ2) is 11.6. The lowest BCUT2D eigenvalue weighted by molar-refractivity contribution is -0.136. The predicted molar refractivity (Wildman–Crippen MR) is 127 cm³/mol. The molecular weight excluding hydrogens is 463 g/mol. The van der Waals surface area contributed by atoms with Crippen LogP contribution in [0.3, 0.4) is 0 Å². The van der Waals surface area contributed by atoms with Gasteiger partial charge in [0, 0.05) is 38.1 Å². The van der Waals surface area contributed by atoms with E-state index >= 15 is 0 Å². The quantitative estimate of drug-likeness (QED) is 0.325. The molecule has 2 unspecified atom stereocenters. The van der Waals surface area contributed by atoms with Gasteiger partial charge in [0.2, 0.25) is 5.91 Å². The zero-order chi connectivity index (χ0) is 19.2. The van der Waals surface area contributed by atoms with E-state index < -0.39 is 0 Å². The highest BCUT2D eigenvalue weighted by Gasteiger charge is 2.43. The van der Waals surface area contributed by atoms with Gasteiger partial charge in [-0.25, -0.2) is 0 Å². The Kier molecular flexibility index (Phi) is 9.84. The van der Waals surface area contributed by atoms with Gasteiger partial charge in [0.05, 0.1) is 0 Å². The highest BCUT2D eigenvalue weighted by molar-refractivity contribution is 14.0. The van der Waals surface area contributed by atoms with Gasteiger partial charge < -0.3 is 15.5 Å². The number of nitrogens with one attached hydrogen (secondary N) is 2. The van der Waals surface area contributed by atoms with E-state index in [2.05, 4.69) is 34.4 Å². The summed E-state index contributed by atoms with van der Waals surface area (Å²) in [7, 11) is 1.87. The number of hydrogen-bond donors (Lipinski definition) is 2. The smallest absolute Gasteiger partial charge is 0.225 e. The minimum atomic E-state index is 0. The fourth-order valence-corrected chi connectivity index (χ4v) is 5.14. The zero-order valence-corrected chi connectivity index (χ0v) is 20.4. The highest BCUT2D eigenvalue weighted by Crippen LogP contribution is 2.44. The fraction of sp³-hybridized carbons (Fsp3) is 0.909. The van der Waals surface area contributed by atoms with Gasteiger partial charge in [0.25, 0.3) is 0 Å². The van der Waals surface area contributed by atoms with Crippen molar-refractivity contribution in [1.82, 2.24) is 15.5 Å². The molecule has 3 fully saturated rings. The molecule has 2 atom stereocenters. The van der Waals surface area contributed by atoms with Crippen LogP contribution in [0.4, 0.5) is 0 Å². The average Bonchev–Trinajstić information content (AvgIpc) is 3.48. The Bertz CT molecular complexity index is 509. The molecule has 0 radical (unpaired) electrons. The summed E-state index contributed by atoms with van der Waals surface area (Å²) in [5.41, 5.74) is 0. The lowest BCUT2D eigenvalue weighted by atomic mass is 9.85. The molecule has 1 amide bonds. The van der Waals surface area contributed by atoms with Gasteiger partial charge in [-0.05, 0) is 43.9 Å². The number of carbonyl (C=O) groups excluding carboxylic acids is 1. The van der Waals surface area contributed by atoms with Crippen LogP contribution in [0.1, 0.15) is 78.1 Å². The summed E-state index contributed by atoms with van der Waals surface area (Å²) in [6.45, 7) is 5.99. The normalized spacial score (nSPS) is 26.7. The van der Waals surface area contributed by atoms with Crippen molar-refractivity contribution in [2.45, 2.75) is 90.1 Å². The van der Waals surface area contributed by atoms with Crippen LogP contribution in [0.5, 0.6) is 0 Å². The van der Waals surface area contributed by atoms with E-state index in [-0.39, 0.29) is 29.9 Å². The maximum Gasteiger partial charge on any atom is 0.225 e. The first-order valence-corrected chi connectivity index (χ1v) is 11.4. The van der Waals surface area contributed by atoms with Crippen LogP contribution in [-0.4, -0.2) is 49.0 Å². The first kappa shape index (κ1) is 23.7. The molecule has 1 saturated heterocycles. The number of hydrogen-bond acceptors (Lipinski definition) is 2. The molecule has 0 aromatic rings. The molecule has 1 aliphatic heterocycles. The van der Waals surface area contributed by atoms with E-state index in [0.717, 1.165) is 56.6 Å². The Morgan fingerprint density at radius 2 is 1.68 bits per heavy atom. The van der Waals surface area contributed by atoms with Crippen molar-refractivity contribution in [3.8, 4) is 0 Å². The minimum absolute atomic E-state index is 0. The minimum Gasteiger partial charge on any atom is -0.354 e. The number of halogens is 1. The summed E-state index contributed by atoms with van der Waals surface area (Å²) in [6.07, 6.45) is 12.4. The van der Waals surface area contributed by atoms with Crippen LogP contribution in [-0.2, 0) is 4.79 Å². The summed E-state index contributed by atoms with van der Waals surface area (Å²) >= 11 is 0. The van der Waals surface area contributed by atoms with Gasteiger partial charge in [-0.2, -0.15) is 0 Å². The average molecular weight is 505 g/mol. The second-order valence-corrected chi connectivity index (χ2v) is 8.88. The summed E-state index contributed by atoms with van der Waals surface area (Å²) < 4.78 is 0. The maximum absolute atomic E-state index is 12.6. The van der Waals surface area contributed by atoms with Crippen molar-refractivity contribution >= 4 is 35.8 Å². The van der Waals surface area contributed by atoms with Crippen molar-refractivity contribution in [1.29, 1.82) is 0 Å². The van der Waals surface area contributed by atoms with Crippen LogP contribution >= 0.6 is 24.0 Å². The summed E-state index contributed by atoms with van der Waals surface area (Å²) in [4.78, 5) is 19.1. The van der Waals surface area contributed by atoms with E-state index in [9.17, 15) is 4.79 Å². The van der Waals surface area contributed by atoms with Crippen molar-refractivity contribution < 1.29 is 4.79 Å². The molecule has 3 rings (SSSR count). The summed E-state index contributed by atoms with van der Waals surface area (Å²) in [5.74, 6) is 3.32. The van der Waals surface area contributed by atoms with E-state index in [1.807, 2.05) is 7.05 Å². The van der Waals surface area contributed by atoms with Crippen LogP contribution in [0, 0.1) is 17.8 Å². The number of nitrogens with zero attached hydrogens (tertiary/aromatic N) is 2. The molecule has 162 valence electrons. The lowest BCUT2D eigenvalue weighted by Gasteiger charge is -2.35. The zero-order valence-electron chi connectivity index (χ0n) is 18.1. The number of likely N-dealkylation sites (tertiary alicyclic amines) is 1. The van der Waals surface area contributed by atoms with Crippen LogP contribution in [0.2, 0.25) is 0 Å². The molecule has 6 heteroatoms. The molecular formula is C22H41IN4O. The van der Waals surface area contributed by atoms with Gasteiger partial charge in [-0.15, -0.1) is 24.0 Å². The standard InChI is InChI=1S/C22H40N4O.HI/c1-4-16(5-2)21(27)26-13-11-18(12-14-26)24-22(23-3)25-20-15-19(20)17-9-7-6-8-10-17;/h16-20H,4-15H2,1-3H3,(H2,23,24,25);1H.